The number of aryl methyl sites for hydroxylation is 1. The summed E-state index contributed by atoms with van der Waals surface area (Å²) in [5, 5.41) is 9.18. The molecule has 0 aromatic heterocycles. The number of Topliss-reactive ketones (excluding diaryl/α,β-unsaturated/α-hetero) is 1. The molecule has 0 fully saturated rings. The SMILES string of the molecule is CCC1(CC(=O)O)CCc2cc(-c3ccc(N)cc3)ccc2C1=O. The number of carboxylic acid groups (broad SMARTS) is 1. The number of aliphatic carboxylic acids is 1. The van der Waals surface area contributed by atoms with Crippen LogP contribution in [-0.2, 0) is 11.2 Å². The molecule has 3 N–H and O–H groups in total. The van der Waals surface area contributed by atoms with E-state index in [0.29, 0.717) is 24.1 Å². The molecule has 1 aliphatic carbocycles. The largest absolute Gasteiger partial charge is 0.481 e. The van der Waals surface area contributed by atoms with Crippen molar-refractivity contribution in [1.29, 1.82) is 0 Å². The summed E-state index contributed by atoms with van der Waals surface area (Å²) in [7, 11) is 0. The Morgan fingerprint density at radius 3 is 2.46 bits per heavy atom. The fraction of sp³-hybridized carbons (Fsp3) is 0.300. The van der Waals surface area contributed by atoms with Gasteiger partial charge in [0.2, 0.25) is 0 Å². The first-order valence-electron chi connectivity index (χ1n) is 8.20. The van der Waals surface area contributed by atoms with E-state index in [0.717, 1.165) is 23.1 Å². The lowest BCUT2D eigenvalue weighted by molar-refractivity contribution is -0.139. The van der Waals surface area contributed by atoms with Crippen LogP contribution in [0.5, 0.6) is 0 Å². The van der Waals surface area contributed by atoms with Crippen molar-refractivity contribution >= 4 is 17.4 Å². The van der Waals surface area contributed by atoms with Crippen molar-refractivity contribution in [3.8, 4) is 11.1 Å². The lowest BCUT2D eigenvalue weighted by Crippen LogP contribution is -2.37. The molecule has 0 saturated heterocycles. The van der Waals surface area contributed by atoms with Crippen molar-refractivity contribution in [3.05, 3.63) is 53.6 Å². The van der Waals surface area contributed by atoms with Crippen LogP contribution in [0.1, 0.15) is 42.1 Å². The maximum atomic E-state index is 12.9. The summed E-state index contributed by atoms with van der Waals surface area (Å²) >= 11 is 0. The Balaban J connectivity index is 1.97. The van der Waals surface area contributed by atoms with Crippen LogP contribution in [0.2, 0.25) is 0 Å². The zero-order valence-electron chi connectivity index (χ0n) is 13.7. The van der Waals surface area contributed by atoms with Crippen LogP contribution in [0.25, 0.3) is 11.1 Å². The van der Waals surface area contributed by atoms with E-state index in [1.54, 1.807) is 0 Å². The Labute approximate surface area is 141 Å². The highest BCUT2D eigenvalue weighted by Crippen LogP contribution is 2.42. The zero-order valence-corrected chi connectivity index (χ0v) is 13.7. The number of anilines is 1. The first-order valence-corrected chi connectivity index (χ1v) is 8.20. The average Bonchev–Trinajstić information content (AvgIpc) is 2.57. The minimum atomic E-state index is -0.910. The molecule has 0 radical (unpaired) electrons. The predicted octanol–water partition coefficient (Wildman–Crippen LogP) is 3.94. The van der Waals surface area contributed by atoms with E-state index in [-0.39, 0.29) is 12.2 Å². The third-order valence-electron chi connectivity index (χ3n) is 5.11. The quantitative estimate of drug-likeness (QED) is 0.835. The van der Waals surface area contributed by atoms with Gasteiger partial charge in [0.25, 0.3) is 0 Å². The van der Waals surface area contributed by atoms with E-state index in [2.05, 4.69) is 0 Å². The Morgan fingerprint density at radius 2 is 1.83 bits per heavy atom. The summed E-state index contributed by atoms with van der Waals surface area (Å²) in [6.07, 6.45) is 1.77. The van der Waals surface area contributed by atoms with Crippen molar-refractivity contribution in [2.45, 2.75) is 32.6 Å². The van der Waals surface area contributed by atoms with E-state index in [1.807, 2.05) is 49.4 Å². The van der Waals surface area contributed by atoms with Gasteiger partial charge in [-0.3, -0.25) is 9.59 Å². The average molecular weight is 323 g/mol. The van der Waals surface area contributed by atoms with Gasteiger partial charge in [-0.05, 0) is 48.1 Å². The summed E-state index contributed by atoms with van der Waals surface area (Å²) in [6, 6.07) is 13.4. The minimum absolute atomic E-state index is 0.0301. The molecule has 4 nitrogen and oxygen atoms in total. The predicted molar refractivity (Wildman–Crippen MR) is 93.9 cm³/mol. The molecule has 1 atom stereocenters. The van der Waals surface area contributed by atoms with Gasteiger partial charge in [-0.15, -0.1) is 0 Å². The highest BCUT2D eigenvalue weighted by atomic mass is 16.4. The Bertz CT molecular complexity index is 795. The van der Waals surface area contributed by atoms with Crippen molar-refractivity contribution in [3.63, 3.8) is 0 Å². The molecule has 0 amide bonds. The van der Waals surface area contributed by atoms with E-state index < -0.39 is 11.4 Å². The molecule has 0 saturated carbocycles. The van der Waals surface area contributed by atoms with Crippen molar-refractivity contribution in [2.24, 2.45) is 5.41 Å². The summed E-state index contributed by atoms with van der Waals surface area (Å²) in [5.74, 6) is -0.940. The number of rotatable bonds is 4. The smallest absolute Gasteiger partial charge is 0.304 e. The molecule has 0 bridgehead atoms. The van der Waals surface area contributed by atoms with E-state index >= 15 is 0 Å². The number of fused-ring (bicyclic) bond motifs is 1. The van der Waals surface area contributed by atoms with Gasteiger partial charge in [0.1, 0.15) is 0 Å². The number of nitrogens with two attached hydrogens (primary N) is 1. The molecule has 2 aromatic rings. The topological polar surface area (TPSA) is 80.4 Å². The molecule has 4 heteroatoms. The summed E-state index contributed by atoms with van der Waals surface area (Å²) in [4.78, 5) is 24.1. The summed E-state index contributed by atoms with van der Waals surface area (Å²) < 4.78 is 0. The maximum absolute atomic E-state index is 12.9. The van der Waals surface area contributed by atoms with Gasteiger partial charge < -0.3 is 10.8 Å². The van der Waals surface area contributed by atoms with Crippen LogP contribution < -0.4 is 5.73 Å². The van der Waals surface area contributed by atoms with Crippen molar-refractivity contribution in [2.75, 3.05) is 5.73 Å². The molecule has 0 heterocycles. The van der Waals surface area contributed by atoms with Crippen LogP contribution in [0.15, 0.2) is 42.5 Å². The lowest BCUT2D eigenvalue weighted by Gasteiger charge is -2.34. The highest BCUT2D eigenvalue weighted by Gasteiger charge is 2.42. The van der Waals surface area contributed by atoms with Gasteiger partial charge in [-0.1, -0.05) is 37.3 Å². The monoisotopic (exact) mass is 323 g/mol. The van der Waals surface area contributed by atoms with Crippen molar-refractivity contribution in [1.82, 2.24) is 0 Å². The second-order valence-corrected chi connectivity index (χ2v) is 6.53. The van der Waals surface area contributed by atoms with E-state index in [9.17, 15) is 14.7 Å². The normalized spacial score (nSPS) is 19.8. The zero-order chi connectivity index (χ0) is 17.3. The fourth-order valence-electron chi connectivity index (χ4n) is 3.57. The Morgan fingerprint density at radius 1 is 1.17 bits per heavy atom. The molecule has 1 unspecified atom stereocenters. The number of carbonyl (C=O) groups excluding carboxylic acids is 1. The third kappa shape index (κ3) is 2.80. The molecule has 1 aliphatic rings. The summed E-state index contributed by atoms with van der Waals surface area (Å²) in [5.41, 5.74) is 9.45. The second kappa shape index (κ2) is 6.11. The van der Waals surface area contributed by atoms with Gasteiger partial charge in [-0.25, -0.2) is 0 Å². The number of nitrogen functional groups attached to an aromatic ring is 1. The number of carbonyl (C=O) groups is 2. The Kier molecular flexibility index (Phi) is 4.14. The van der Waals surface area contributed by atoms with Crippen molar-refractivity contribution < 1.29 is 14.7 Å². The van der Waals surface area contributed by atoms with E-state index in [4.69, 9.17) is 5.73 Å². The standard InChI is InChI=1S/C20H21NO3/c1-2-20(12-18(22)23)10-9-15-11-14(5-8-17(15)19(20)24)13-3-6-16(21)7-4-13/h3-8,11H,2,9-10,12,21H2,1H3,(H,22,23). The van der Waals surface area contributed by atoms with Crippen LogP contribution in [0, 0.1) is 5.41 Å². The van der Waals surface area contributed by atoms with Gasteiger partial charge in [0, 0.05) is 16.7 Å². The molecule has 0 aliphatic heterocycles. The van der Waals surface area contributed by atoms with Gasteiger partial charge in [0.15, 0.2) is 5.78 Å². The number of hydrogen-bond acceptors (Lipinski definition) is 3. The molecular weight excluding hydrogens is 302 g/mol. The highest BCUT2D eigenvalue weighted by molar-refractivity contribution is 6.04. The van der Waals surface area contributed by atoms with E-state index in [1.165, 1.54) is 0 Å². The second-order valence-electron chi connectivity index (χ2n) is 6.53. The first kappa shape index (κ1) is 16.2. The Hall–Kier alpha value is -2.62. The number of hydrogen-bond donors (Lipinski definition) is 2. The van der Waals surface area contributed by atoms with Gasteiger partial charge in [-0.2, -0.15) is 0 Å². The molecule has 2 aromatic carbocycles. The third-order valence-corrected chi connectivity index (χ3v) is 5.11. The minimum Gasteiger partial charge on any atom is -0.481 e. The number of carboxylic acids is 1. The summed E-state index contributed by atoms with van der Waals surface area (Å²) in [6.45, 7) is 1.90. The molecule has 124 valence electrons. The maximum Gasteiger partial charge on any atom is 0.304 e. The number of ketones is 1. The van der Waals surface area contributed by atoms with Crippen LogP contribution >= 0.6 is 0 Å². The molecule has 24 heavy (non-hydrogen) atoms. The molecule has 0 spiro atoms. The van der Waals surface area contributed by atoms with Crippen LogP contribution in [-0.4, -0.2) is 16.9 Å². The molecule has 3 rings (SSSR count). The van der Waals surface area contributed by atoms with Crippen LogP contribution in [0.4, 0.5) is 5.69 Å². The number of benzene rings is 2. The van der Waals surface area contributed by atoms with Gasteiger partial charge >= 0.3 is 5.97 Å². The van der Waals surface area contributed by atoms with Crippen LogP contribution in [0.3, 0.4) is 0 Å². The lowest BCUT2D eigenvalue weighted by atomic mass is 9.67. The molecular formula is C20H21NO3. The first-order chi connectivity index (χ1) is 11.4. The van der Waals surface area contributed by atoms with Gasteiger partial charge in [0.05, 0.1) is 6.42 Å². The fourth-order valence-corrected chi connectivity index (χ4v) is 3.57.